The van der Waals surface area contributed by atoms with Gasteiger partial charge in [-0.1, -0.05) is 39.3 Å². The van der Waals surface area contributed by atoms with Crippen LogP contribution in [0, 0.1) is 22.2 Å². The zero-order chi connectivity index (χ0) is 39.7. The summed E-state index contributed by atoms with van der Waals surface area (Å²) in [6.07, 6.45) is -0.0283. The molecule has 5 heterocycles. The van der Waals surface area contributed by atoms with Gasteiger partial charge in [-0.2, -0.15) is 5.26 Å². The SMILES string of the molecule is CC1(C)[C@H](NC(=O)c2ccc(N3CCN(C4CN(c5ccc6c(c5)C(=O)N(C5CCC(=O)NC5=O)C6=O)C4)CC3)nn2)C(C)(C)[C@H]1Oc1ccc(C#N)c(Cl)c1. The predicted molar refractivity (Wildman–Crippen MR) is 204 cm³/mol. The summed E-state index contributed by atoms with van der Waals surface area (Å²) in [5.41, 5.74) is 1.18. The highest BCUT2D eigenvalue weighted by Gasteiger charge is 2.64. The van der Waals surface area contributed by atoms with Gasteiger partial charge in [-0.25, -0.2) is 0 Å². The van der Waals surface area contributed by atoms with Crippen molar-refractivity contribution in [2.24, 2.45) is 10.8 Å². The molecule has 1 unspecified atom stereocenters. The van der Waals surface area contributed by atoms with E-state index in [9.17, 15) is 29.2 Å². The minimum atomic E-state index is -0.990. The van der Waals surface area contributed by atoms with E-state index in [1.807, 2.05) is 39.8 Å². The predicted octanol–water partition coefficient (Wildman–Crippen LogP) is 3.03. The summed E-state index contributed by atoms with van der Waals surface area (Å²) in [6, 6.07) is 15.0. The molecule has 2 N–H and O–H groups in total. The summed E-state index contributed by atoms with van der Waals surface area (Å²) in [7, 11) is 0. The van der Waals surface area contributed by atoms with Crippen molar-refractivity contribution in [2.75, 3.05) is 49.1 Å². The zero-order valence-electron chi connectivity index (χ0n) is 31.5. The van der Waals surface area contributed by atoms with Crippen molar-refractivity contribution in [1.82, 2.24) is 30.6 Å². The average molecular weight is 780 g/mol. The first-order chi connectivity index (χ1) is 26.7. The summed E-state index contributed by atoms with van der Waals surface area (Å²) in [4.78, 5) is 71.5. The van der Waals surface area contributed by atoms with Gasteiger partial charge in [0.25, 0.3) is 17.7 Å². The highest BCUT2D eigenvalue weighted by molar-refractivity contribution is 6.31. The number of nitrogens with zero attached hydrogens (tertiary/aromatic N) is 7. The molecule has 290 valence electrons. The van der Waals surface area contributed by atoms with Crippen molar-refractivity contribution in [1.29, 1.82) is 5.26 Å². The lowest BCUT2D eigenvalue weighted by molar-refractivity contribution is -0.164. The maximum absolute atomic E-state index is 13.4. The van der Waals surface area contributed by atoms with Crippen LogP contribution in [0.4, 0.5) is 11.5 Å². The lowest BCUT2D eigenvalue weighted by Crippen LogP contribution is -2.74. The quantitative estimate of drug-likeness (QED) is 0.320. The largest absolute Gasteiger partial charge is 0.489 e. The highest BCUT2D eigenvalue weighted by atomic mass is 35.5. The Bertz CT molecular complexity index is 2170. The van der Waals surface area contributed by atoms with E-state index in [0.29, 0.717) is 28.2 Å². The molecular formula is C40H42ClN9O6. The van der Waals surface area contributed by atoms with Gasteiger partial charge >= 0.3 is 0 Å². The topological polar surface area (TPSA) is 181 Å². The molecule has 0 radical (unpaired) electrons. The molecule has 0 bridgehead atoms. The van der Waals surface area contributed by atoms with Crippen LogP contribution in [0.3, 0.4) is 0 Å². The number of carbonyl (C=O) groups excluding carboxylic acids is 5. The molecule has 15 nitrogen and oxygen atoms in total. The second kappa shape index (κ2) is 13.9. The minimum absolute atomic E-state index is 0.0775. The normalized spacial score (nSPS) is 24.5. The van der Waals surface area contributed by atoms with Gasteiger partial charge in [-0.05, 0) is 48.9 Å². The molecular weight excluding hydrogens is 738 g/mol. The molecule has 1 saturated carbocycles. The van der Waals surface area contributed by atoms with Crippen LogP contribution < -0.4 is 25.2 Å². The molecule has 3 aromatic rings. The van der Waals surface area contributed by atoms with Crippen molar-refractivity contribution < 1.29 is 28.7 Å². The third kappa shape index (κ3) is 6.30. The van der Waals surface area contributed by atoms with Crippen LogP contribution in [0.25, 0.3) is 0 Å². The van der Waals surface area contributed by atoms with Gasteiger partial charge in [0.2, 0.25) is 11.8 Å². The third-order valence-electron chi connectivity index (χ3n) is 12.1. The van der Waals surface area contributed by atoms with Gasteiger partial charge in [0.15, 0.2) is 11.5 Å². The monoisotopic (exact) mass is 779 g/mol. The van der Waals surface area contributed by atoms with Crippen LogP contribution >= 0.6 is 11.6 Å². The summed E-state index contributed by atoms with van der Waals surface area (Å²) in [6.45, 7) is 12.9. The number of imide groups is 2. The second-order valence-corrected chi connectivity index (χ2v) is 16.7. The Balaban J connectivity index is 0.817. The molecule has 1 aromatic heterocycles. The van der Waals surface area contributed by atoms with E-state index in [1.165, 1.54) is 0 Å². The molecule has 4 aliphatic heterocycles. The van der Waals surface area contributed by atoms with Crippen molar-refractivity contribution in [3.8, 4) is 11.8 Å². The van der Waals surface area contributed by atoms with Crippen LogP contribution in [0.5, 0.6) is 5.75 Å². The van der Waals surface area contributed by atoms with Crippen LogP contribution in [-0.4, -0.2) is 113 Å². The van der Waals surface area contributed by atoms with Crippen LogP contribution in [0.2, 0.25) is 5.02 Å². The second-order valence-electron chi connectivity index (χ2n) is 16.3. The first-order valence-corrected chi connectivity index (χ1v) is 19.2. The van der Waals surface area contributed by atoms with E-state index < -0.39 is 40.5 Å². The van der Waals surface area contributed by atoms with E-state index in [1.54, 1.807) is 36.4 Å². The summed E-state index contributed by atoms with van der Waals surface area (Å²) in [5.74, 6) is -1.08. The fraction of sp³-hybridized carbons (Fsp3) is 0.450. The molecule has 2 aromatic carbocycles. The van der Waals surface area contributed by atoms with Gasteiger partial charge in [-0.3, -0.25) is 39.1 Å². The number of anilines is 2. The number of ether oxygens (including phenoxy) is 1. The average Bonchev–Trinajstić information content (AvgIpc) is 3.40. The highest BCUT2D eigenvalue weighted by Crippen LogP contribution is 2.55. The number of piperidine rings is 1. The number of hydrogen-bond acceptors (Lipinski definition) is 12. The van der Waals surface area contributed by atoms with Crippen LogP contribution in [0.15, 0.2) is 48.5 Å². The van der Waals surface area contributed by atoms with Crippen molar-refractivity contribution in [3.05, 3.63) is 75.9 Å². The number of nitrogens with one attached hydrogen (secondary N) is 2. The number of rotatable bonds is 8. The standard InChI is InChI=1S/C40H42ClN9O6/c1-39(2)37(40(3,4)38(39)56-25-7-5-22(19-42)28(41)18-25)44-33(52)29-9-11-31(46-45-29)48-15-13-47(14-16-48)24-20-49(21-24)23-6-8-26-27(17-23)36(55)50(35(26)54)30-10-12-32(51)43-34(30)53/h5-9,11,17-18,24,30,37-38H,10,12-16,20-21H2,1-4H3,(H,44,52)(H,43,51,53)/t30?,37-,38-. The van der Waals surface area contributed by atoms with Gasteiger partial charge in [0.05, 0.1) is 21.7 Å². The van der Waals surface area contributed by atoms with E-state index in [4.69, 9.17) is 16.3 Å². The first kappa shape index (κ1) is 37.3. The third-order valence-corrected chi connectivity index (χ3v) is 12.4. The maximum Gasteiger partial charge on any atom is 0.272 e. The van der Waals surface area contributed by atoms with Crippen molar-refractivity contribution >= 4 is 52.6 Å². The fourth-order valence-electron chi connectivity index (χ4n) is 9.28. The molecule has 1 aliphatic carbocycles. The van der Waals surface area contributed by atoms with Gasteiger partial charge in [-0.15, -0.1) is 10.2 Å². The lowest BCUT2D eigenvalue weighted by Gasteiger charge is -2.63. The van der Waals surface area contributed by atoms with Gasteiger partial charge in [0, 0.05) is 80.4 Å². The number of aromatic nitrogens is 2. The Morgan fingerprint density at radius 1 is 0.911 bits per heavy atom. The maximum atomic E-state index is 13.4. The molecule has 0 spiro atoms. The molecule has 3 saturated heterocycles. The Labute approximate surface area is 328 Å². The lowest BCUT2D eigenvalue weighted by atomic mass is 9.49. The van der Waals surface area contributed by atoms with Crippen LogP contribution in [-0.2, 0) is 9.59 Å². The number of halogens is 1. The number of hydrogen-bond donors (Lipinski definition) is 2. The smallest absolute Gasteiger partial charge is 0.272 e. The number of amides is 5. The summed E-state index contributed by atoms with van der Waals surface area (Å²) in [5, 5.41) is 23.6. The first-order valence-electron chi connectivity index (χ1n) is 18.8. The van der Waals surface area contributed by atoms with E-state index in [-0.39, 0.29) is 47.7 Å². The number of fused-ring (bicyclic) bond motifs is 1. The van der Waals surface area contributed by atoms with E-state index >= 15 is 0 Å². The zero-order valence-corrected chi connectivity index (χ0v) is 32.3. The number of nitriles is 1. The molecule has 4 fully saturated rings. The molecule has 5 amide bonds. The Hall–Kier alpha value is -5.59. The number of carbonyl (C=O) groups is 5. The van der Waals surface area contributed by atoms with E-state index in [2.05, 4.69) is 41.6 Å². The Kier molecular flexibility index (Phi) is 9.24. The molecule has 8 rings (SSSR count). The van der Waals surface area contributed by atoms with Crippen molar-refractivity contribution in [3.63, 3.8) is 0 Å². The van der Waals surface area contributed by atoms with Crippen molar-refractivity contribution in [2.45, 2.75) is 64.8 Å². The molecule has 56 heavy (non-hydrogen) atoms. The van der Waals surface area contributed by atoms with Gasteiger partial charge in [0.1, 0.15) is 24.0 Å². The fourth-order valence-corrected chi connectivity index (χ4v) is 9.50. The van der Waals surface area contributed by atoms with Crippen LogP contribution in [0.1, 0.15) is 77.3 Å². The van der Waals surface area contributed by atoms with Gasteiger partial charge < -0.3 is 19.9 Å². The van der Waals surface area contributed by atoms with E-state index in [0.717, 1.165) is 49.9 Å². The summed E-state index contributed by atoms with van der Waals surface area (Å²) < 4.78 is 6.34. The Morgan fingerprint density at radius 2 is 1.62 bits per heavy atom. The number of piperazine rings is 1. The Morgan fingerprint density at radius 3 is 2.27 bits per heavy atom. The minimum Gasteiger partial charge on any atom is -0.489 e. The number of benzene rings is 2. The molecule has 1 atom stereocenters. The molecule has 5 aliphatic rings. The molecule has 16 heteroatoms. The summed E-state index contributed by atoms with van der Waals surface area (Å²) >= 11 is 6.23.